The van der Waals surface area contributed by atoms with Crippen LogP contribution in [0.3, 0.4) is 0 Å². The highest BCUT2D eigenvalue weighted by Gasteiger charge is 2.07. The van der Waals surface area contributed by atoms with Crippen molar-refractivity contribution < 1.29 is 9.13 Å². The molecule has 20 heavy (non-hydrogen) atoms. The zero-order valence-electron chi connectivity index (χ0n) is 10.7. The van der Waals surface area contributed by atoms with Crippen molar-refractivity contribution in [3.05, 3.63) is 62.8 Å². The number of halogens is 3. The van der Waals surface area contributed by atoms with Crippen molar-refractivity contribution in [2.45, 2.75) is 13.0 Å². The number of rotatable bonds is 5. The minimum atomic E-state index is -0.385. The third-order valence-corrected chi connectivity index (χ3v) is 3.67. The summed E-state index contributed by atoms with van der Waals surface area (Å²) in [5, 5.41) is 0.583. The molecule has 0 aliphatic carbocycles. The molecule has 0 fully saturated rings. The highest BCUT2D eigenvalue weighted by Crippen LogP contribution is 2.24. The van der Waals surface area contributed by atoms with E-state index in [1.54, 1.807) is 12.1 Å². The van der Waals surface area contributed by atoms with Crippen molar-refractivity contribution in [2.75, 3.05) is 6.54 Å². The molecule has 0 aromatic heterocycles. The van der Waals surface area contributed by atoms with Crippen molar-refractivity contribution >= 4 is 27.5 Å². The zero-order valence-corrected chi connectivity index (χ0v) is 13.0. The van der Waals surface area contributed by atoms with E-state index in [1.807, 2.05) is 18.2 Å². The SMILES string of the molecule is NCCc1ccc(OCc2ccc(Br)cc2Cl)c(F)c1. The molecule has 0 saturated carbocycles. The zero-order chi connectivity index (χ0) is 14.5. The van der Waals surface area contributed by atoms with E-state index in [2.05, 4.69) is 15.9 Å². The first kappa shape index (κ1) is 15.3. The Morgan fingerprint density at radius 1 is 1.20 bits per heavy atom. The number of ether oxygens (including phenoxy) is 1. The summed E-state index contributed by atoms with van der Waals surface area (Å²) in [7, 11) is 0. The minimum absolute atomic E-state index is 0.213. The van der Waals surface area contributed by atoms with Gasteiger partial charge in [0.2, 0.25) is 0 Å². The van der Waals surface area contributed by atoms with Crippen LogP contribution in [0.25, 0.3) is 0 Å². The highest BCUT2D eigenvalue weighted by molar-refractivity contribution is 9.10. The second-order valence-corrected chi connectivity index (χ2v) is 5.65. The van der Waals surface area contributed by atoms with E-state index < -0.39 is 0 Å². The lowest BCUT2D eigenvalue weighted by Gasteiger charge is -2.10. The fraction of sp³-hybridized carbons (Fsp3) is 0.200. The van der Waals surface area contributed by atoms with E-state index in [0.717, 1.165) is 15.6 Å². The molecule has 0 amide bonds. The van der Waals surface area contributed by atoms with Crippen molar-refractivity contribution in [2.24, 2.45) is 5.73 Å². The van der Waals surface area contributed by atoms with Crippen LogP contribution < -0.4 is 10.5 Å². The molecule has 0 radical (unpaired) electrons. The van der Waals surface area contributed by atoms with E-state index in [9.17, 15) is 4.39 Å². The van der Waals surface area contributed by atoms with Gasteiger partial charge in [0.05, 0.1) is 0 Å². The minimum Gasteiger partial charge on any atom is -0.486 e. The molecule has 0 heterocycles. The molecule has 2 aromatic rings. The molecule has 0 atom stereocenters. The molecule has 0 aliphatic heterocycles. The Bertz CT molecular complexity index is 606. The lowest BCUT2D eigenvalue weighted by molar-refractivity contribution is 0.290. The van der Waals surface area contributed by atoms with Crippen molar-refractivity contribution in [1.29, 1.82) is 0 Å². The normalized spacial score (nSPS) is 10.6. The Morgan fingerprint density at radius 3 is 2.65 bits per heavy atom. The first-order valence-corrected chi connectivity index (χ1v) is 7.32. The van der Waals surface area contributed by atoms with Gasteiger partial charge in [-0.25, -0.2) is 4.39 Å². The maximum atomic E-state index is 13.8. The molecule has 2 N–H and O–H groups in total. The maximum Gasteiger partial charge on any atom is 0.165 e. The monoisotopic (exact) mass is 357 g/mol. The van der Waals surface area contributed by atoms with Gasteiger partial charge in [-0.3, -0.25) is 0 Å². The van der Waals surface area contributed by atoms with Gasteiger partial charge in [0.1, 0.15) is 6.61 Å². The van der Waals surface area contributed by atoms with E-state index in [4.69, 9.17) is 22.1 Å². The van der Waals surface area contributed by atoms with Gasteiger partial charge in [-0.1, -0.05) is 39.7 Å². The predicted molar refractivity (Wildman–Crippen MR) is 82.6 cm³/mol. The predicted octanol–water partition coefficient (Wildman–Crippen LogP) is 4.32. The number of hydrogen-bond acceptors (Lipinski definition) is 2. The summed E-state index contributed by atoms with van der Waals surface area (Å²) in [6, 6.07) is 10.4. The average Bonchev–Trinajstić information content (AvgIpc) is 2.40. The van der Waals surface area contributed by atoms with Crippen LogP contribution >= 0.6 is 27.5 Å². The number of benzene rings is 2. The van der Waals surface area contributed by atoms with Gasteiger partial charge in [0.15, 0.2) is 11.6 Å². The molecule has 0 bridgehead atoms. The second kappa shape index (κ2) is 7.07. The molecule has 2 rings (SSSR count). The van der Waals surface area contributed by atoms with Gasteiger partial charge >= 0.3 is 0 Å². The Labute approximate surface area is 130 Å². The van der Waals surface area contributed by atoms with Gasteiger partial charge in [-0.05, 0) is 42.8 Å². The van der Waals surface area contributed by atoms with Crippen LogP contribution in [-0.4, -0.2) is 6.54 Å². The summed E-state index contributed by atoms with van der Waals surface area (Å²) in [5.41, 5.74) is 7.11. The summed E-state index contributed by atoms with van der Waals surface area (Å²) >= 11 is 9.42. The van der Waals surface area contributed by atoms with Crippen molar-refractivity contribution in [3.63, 3.8) is 0 Å². The maximum absolute atomic E-state index is 13.8. The van der Waals surface area contributed by atoms with Crippen molar-refractivity contribution in [1.82, 2.24) is 0 Å². The quantitative estimate of drug-likeness (QED) is 0.864. The van der Waals surface area contributed by atoms with Gasteiger partial charge in [-0.2, -0.15) is 0 Å². The smallest absolute Gasteiger partial charge is 0.165 e. The van der Waals surface area contributed by atoms with Crippen LogP contribution in [0.5, 0.6) is 5.75 Å². The molecule has 106 valence electrons. The highest BCUT2D eigenvalue weighted by atomic mass is 79.9. The van der Waals surface area contributed by atoms with Gasteiger partial charge in [-0.15, -0.1) is 0 Å². The second-order valence-electron chi connectivity index (χ2n) is 4.33. The third-order valence-electron chi connectivity index (χ3n) is 2.83. The van der Waals surface area contributed by atoms with E-state index >= 15 is 0 Å². The Kier molecular flexibility index (Phi) is 5.40. The van der Waals surface area contributed by atoms with E-state index in [-0.39, 0.29) is 18.2 Å². The summed E-state index contributed by atoms with van der Waals surface area (Å²) in [5.74, 6) is -0.172. The van der Waals surface area contributed by atoms with Crippen LogP contribution in [0.1, 0.15) is 11.1 Å². The summed E-state index contributed by atoms with van der Waals surface area (Å²) in [4.78, 5) is 0. The third kappa shape index (κ3) is 3.95. The largest absolute Gasteiger partial charge is 0.486 e. The molecule has 5 heteroatoms. The van der Waals surface area contributed by atoms with Crippen LogP contribution in [0.4, 0.5) is 4.39 Å². The molecular weight excluding hydrogens is 345 g/mol. The van der Waals surface area contributed by atoms with Gasteiger partial charge in [0.25, 0.3) is 0 Å². The lowest BCUT2D eigenvalue weighted by Crippen LogP contribution is -2.04. The summed E-state index contributed by atoms with van der Waals surface area (Å²) in [6.45, 7) is 0.716. The molecule has 0 aliphatic rings. The fourth-order valence-electron chi connectivity index (χ4n) is 1.78. The topological polar surface area (TPSA) is 35.2 Å². The molecule has 0 unspecified atom stereocenters. The number of nitrogens with two attached hydrogens (primary N) is 1. The molecule has 2 nitrogen and oxygen atoms in total. The summed E-state index contributed by atoms with van der Waals surface area (Å²) < 4.78 is 20.2. The fourth-order valence-corrected chi connectivity index (χ4v) is 2.51. The standard InChI is InChI=1S/C15H14BrClFNO/c16-12-3-2-11(13(17)8-12)9-20-15-4-1-10(5-6-19)7-14(15)18/h1-4,7-8H,5-6,9,19H2. The van der Waals surface area contributed by atoms with Gasteiger partial charge in [0, 0.05) is 15.1 Å². The average molecular weight is 359 g/mol. The first-order chi connectivity index (χ1) is 9.60. The van der Waals surface area contributed by atoms with Crippen LogP contribution in [0, 0.1) is 5.82 Å². The van der Waals surface area contributed by atoms with E-state index in [1.165, 1.54) is 6.07 Å². The Balaban J connectivity index is 2.07. The van der Waals surface area contributed by atoms with Crippen LogP contribution in [0.15, 0.2) is 40.9 Å². The molecule has 2 aromatic carbocycles. The molecular formula is C15H14BrClFNO. The lowest BCUT2D eigenvalue weighted by atomic mass is 10.1. The van der Waals surface area contributed by atoms with Crippen molar-refractivity contribution in [3.8, 4) is 5.75 Å². The van der Waals surface area contributed by atoms with E-state index in [0.29, 0.717) is 18.0 Å². The van der Waals surface area contributed by atoms with Crippen LogP contribution in [-0.2, 0) is 13.0 Å². The first-order valence-electron chi connectivity index (χ1n) is 6.15. The van der Waals surface area contributed by atoms with Crippen LogP contribution in [0.2, 0.25) is 5.02 Å². The Morgan fingerprint density at radius 2 is 2.00 bits per heavy atom. The molecule has 0 spiro atoms. The Hall–Kier alpha value is -1.10. The summed E-state index contributed by atoms with van der Waals surface area (Å²) in [6.07, 6.45) is 0.649. The number of hydrogen-bond donors (Lipinski definition) is 1. The van der Waals surface area contributed by atoms with Gasteiger partial charge < -0.3 is 10.5 Å². The molecule has 0 saturated heterocycles.